The van der Waals surface area contributed by atoms with Crippen LogP contribution in [0.5, 0.6) is 0 Å². The molecule has 0 atom stereocenters. The van der Waals surface area contributed by atoms with Gasteiger partial charge in [-0.15, -0.1) is 0 Å². The number of benzene rings is 8. The average molecular weight is 731 g/mol. The van der Waals surface area contributed by atoms with Crippen LogP contribution < -0.4 is 0 Å². The van der Waals surface area contributed by atoms with Crippen LogP contribution in [-0.4, -0.2) is 19.5 Å². The second kappa shape index (κ2) is 12.3. The fraction of sp³-hybridized carbons (Fsp3) is 0. The highest BCUT2D eigenvalue weighted by Gasteiger charge is 2.19. The molecule has 0 saturated carbocycles. The lowest BCUT2D eigenvalue weighted by Crippen LogP contribution is -2.00. The Balaban J connectivity index is 0.987. The number of aromatic nitrogens is 4. The molecule has 0 aliphatic rings. The molecule has 0 aliphatic heterocycles. The Morgan fingerprint density at radius 1 is 0.333 bits per heavy atom. The van der Waals surface area contributed by atoms with Crippen LogP contribution in [0.2, 0.25) is 0 Å². The molecule has 8 aromatic carbocycles. The van der Waals surface area contributed by atoms with Gasteiger partial charge in [-0.2, -0.15) is 0 Å². The molecule has 12 aromatic rings. The first-order valence-corrected chi connectivity index (χ1v) is 19.0. The van der Waals surface area contributed by atoms with E-state index in [0.29, 0.717) is 17.5 Å². The van der Waals surface area contributed by atoms with Crippen LogP contribution in [0.1, 0.15) is 0 Å². The molecule has 0 amide bonds. The van der Waals surface area contributed by atoms with Crippen molar-refractivity contribution in [2.75, 3.05) is 0 Å². The van der Waals surface area contributed by atoms with Gasteiger partial charge in [-0.1, -0.05) is 121 Å². The fourth-order valence-corrected chi connectivity index (χ4v) is 8.42. The molecule has 4 aromatic heterocycles. The summed E-state index contributed by atoms with van der Waals surface area (Å²) in [5.74, 6) is 1.71. The van der Waals surface area contributed by atoms with Crippen molar-refractivity contribution >= 4 is 65.7 Å². The molecule has 0 N–H and O–H groups in total. The first-order valence-electron chi connectivity index (χ1n) is 19.0. The Morgan fingerprint density at radius 3 is 1.58 bits per heavy atom. The molecule has 0 bridgehead atoms. The van der Waals surface area contributed by atoms with Crippen molar-refractivity contribution in [2.24, 2.45) is 0 Å². The quantitative estimate of drug-likeness (QED) is 0.176. The van der Waals surface area contributed by atoms with E-state index in [9.17, 15) is 0 Å². The molecule has 12 rings (SSSR count). The highest BCUT2D eigenvalue weighted by molar-refractivity contribution is 6.13. The van der Waals surface area contributed by atoms with Gasteiger partial charge in [0.15, 0.2) is 17.5 Å². The van der Waals surface area contributed by atoms with E-state index in [2.05, 4.69) is 126 Å². The Labute approximate surface area is 325 Å². The van der Waals surface area contributed by atoms with Gasteiger partial charge >= 0.3 is 0 Å². The summed E-state index contributed by atoms with van der Waals surface area (Å²) in [5, 5.41) is 6.67. The minimum atomic E-state index is 0.559. The van der Waals surface area contributed by atoms with Crippen molar-refractivity contribution in [2.45, 2.75) is 0 Å². The molecule has 6 nitrogen and oxygen atoms in total. The number of para-hydroxylation sites is 2. The molecule has 0 spiro atoms. The van der Waals surface area contributed by atoms with E-state index in [0.717, 1.165) is 77.4 Å². The van der Waals surface area contributed by atoms with Crippen molar-refractivity contribution in [3.63, 3.8) is 0 Å². The molecule has 266 valence electrons. The van der Waals surface area contributed by atoms with Crippen molar-refractivity contribution in [1.82, 2.24) is 19.5 Å². The van der Waals surface area contributed by atoms with E-state index >= 15 is 0 Å². The smallest absolute Gasteiger partial charge is 0.164 e. The second-order valence-corrected chi connectivity index (χ2v) is 14.4. The number of rotatable bonds is 5. The van der Waals surface area contributed by atoms with Crippen LogP contribution in [0.15, 0.2) is 191 Å². The third-order valence-corrected chi connectivity index (χ3v) is 11.1. The first-order chi connectivity index (χ1) is 28.2. The zero-order valence-corrected chi connectivity index (χ0v) is 30.4. The Morgan fingerprint density at radius 2 is 0.895 bits per heavy atom. The number of hydrogen-bond acceptors (Lipinski definition) is 5. The van der Waals surface area contributed by atoms with Crippen LogP contribution in [0.3, 0.4) is 0 Å². The Bertz CT molecular complexity index is 3470. The molecule has 6 heteroatoms. The van der Waals surface area contributed by atoms with Crippen LogP contribution >= 0.6 is 0 Å². The van der Waals surface area contributed by atoms with Crippen LogP contribution in [0, 0.1) is 0 Å². The topological polar surface area (TPSA) is 69.9 Å². The van der Waals surface area contributed by atoms with Crippen molar-refractivity contribution in [3.8, 4) is 51.0 Å². The molecule has 0 saturated heterocycles. The third kappa shape index (κ3) is 5.01. The van der Waals surface area contributed by atoms with Gasteiger partial charge in [0.2, 0.25) is 0 Å². The fourth-order valence-electron chi connectivity index (χ4n) is 8.42. The summed E-state index contributed by atoms with van der Waals surface area (Å²) in [5.41, 5.74) is 11.5. The van der Waals surface area contributed by atoms with Gasteiger partial charge in [-0.25, -0.2) is 15.0 Å². The monoisotopic (exact) mass is 730 g/mol. The van der Waals surface area contributed by atoms with Crippen molar-refractivity contribution < 1.29 is 8.83 Å². The van der Waals surface area contributed by atoms with E-state index in [1.807, 2.05) is 60.7 Å². The first kappa shape index (κ1) is 31.5. The lowest BCUT2D eigenvalue weighted by atomic mass is 9.99. The predicted octanol–water partition coefficient (Wildman–Crippen LogP) is 13.4. The number of hydrogen-bond donors (Lipinski definition) is 0. The maximum atomic E-state index is 6.52. The van der Waals surface area contributed by atoms with Gasteiger partial charge < -0.3 is 13.4 Å². The molecule has 0 radical (unpaired) electrons. The lowest BCUT2D eigenvalue weighted by molar-refractivity contribution is 0.668. The molecule has 4 heterocycles. The zero-order chi connectivity index (χ0) is 37.5. The van der Waals surface area contributed by atoms with Crippen LogP contribution in [-0.2, 0) is 0 Å². The van der Waals surface area contributed by atoms with E-state index < -0.39 is 0 Å². The van der Waals surface area contributed by atoms with E-state index in [1.54, 1.807) is 0 Å². The van der Waals surface area contributed by atoms with Gasteiger partial charge in [0, 0.05) is 54.7 Å². The standard InChI is InChI=1S/C51H30N4O2/c1-3-12-31(13-4-1)36-18-11-21-45-48(36)40-26-23-34(29-47(40)57-45)51-53-49(32-14-5-2-6-15-32)52-50(54-51)33-22-25-39-41-30-35(24-27-44(41)56-46(39)28-33)55-42-19-9-7-16-37(42)38-17-8-10-20-43(38)55/h1-30H. The molecule has 0 unspecified atom stereocenters. The number of fused-ring (bicyclic) bond motifs is 9. The molecule has 0 aliphatic carbocycles. The highest BCUT2D eigenvalue weighted by Crippen LogP contribution is 2.40. The maximum absolute atomic E-state index is 6.52. The summed E-state index contributed by atoms with van der Waals surface area (Å²) in [6.45, 7) is 0. The maximum Gasteiger partial charge on any atom is 0.164 e. The summed E-state index contributed by atoms with van der Waals surface area (Å²) in [6, 6.07) is 62.7. The normalized spacial score (nSPS) is 11.9. The van der Waals surface area contributed by atoms with Crippen molar-refractivity contribution in [3.05, 3.63) is 182 Å². The second-order valence-electron chi connectivity index (χ2n) is 14.4. The van der Waals surface area contributed by atoms with Gasteiger partial charge in [0.1, 0.15) is 22.3 Å². The number of nitrogens with zero attached hydrogens (tertiary/aromatic N) is 4. The molecular formula is C51H30N4O2. The largest absolute Gasteiger partial charge is 0.456 e. The van der Waals surface area contributed by atoms with Crippen LogP contribution in [0.25, 0.3) is 117 Å². The third-order valence-electron chi connectivity index (χ3n) is 11.1. The summed E-state index contributed by atoms with van der Waals surface area (Å²) in [4.78, 5) is 15.1. The van der Waals surface area contributed by atoms with E-state index in [-0.39, 0.29) is 0 Å². The van der Waals surface area contributed by atoms with Crippen LogP contribution in [0.4, 0.5) is 0 Å². The van der Waals surface area contributed by atoms with E-state index in [1.165, 1.54) is 21.8 Å². The highest BCUT2D eigenvalue weighted by atomic mass is 16.3. The SMILES string of the molecule is c1ccc(-c2nc(-c3ccc4c(c3)oc3ccc(-n5c6ccccc6c6ccccc65)cc34)nc(-c3ccc4c(c3)oc3cccc(-c5ccccc5)c34)n2)cc1. The van der Waals surface area contributed by atoms with Gasteiger partial charge in [0.25, 0.3) is 0 Å². The molecule has 0 fully saturated rings. The number of furan rings is 2. The van der Waals surface area contributed by atoms with Gasteiger partial charge in [0.05, 0.1) is 11.0 Å². The summed E-state index contributed by atoms with van der Waals surface area (Å²) < 4.78 is 15.3. The molecular weight excluding hydrogens is 701 g/mol. The minimum Gasteiger partial charge on any atom is -0.456 e. The predicted molar refractivity (Wildman–Crippen MR) is 230 cm³/mol. The summed E-state index contributed by atoms with van der Waals surface area (Å²) in [7, 11) is 0. The average Bonchev–Trinajstić information content (AvgIpc) is 3.95. The lowest BCUT2D eigenvalue weighted by Gasteiger charge is -2.09. The van der Waals surface area contributed by atoms with Gasteiger partial charge in [-0.05, 0) is 71.8 Å². The van der Waals surface area contributed by atoms with Crippen molar-refractivity contribution in [1.29, 1.82) is 0 Å². The Kier molecular flexibility index (Phi) is 6.83. The van der Waals surface area contributed by atoms with E-state index in [4.69, 9.17) is 23.8 Å². The van der Waals surface area contributed by atoms with Gasteiger partial charge in [-0.3, -0.25) is 0 Å². The summed E-state index contributed by atoms with van der Waals surface area (Å²) in [6.07, 6.45) is 0. The molecule has 57 heavy (non-hydrogen) atoms. The Hall–Kier alpha value is -7.83. The zero-order valence-electron chi connectivity index (χ0n) is 30.4. The minimum absolute atomic E-state index is 0.559. The summed E-state index contributed by atoms with van der Waals surface area (Å²) >= 11 is 0.